The summed E-state index contributed by atoms with van der Waals surface area (Å²) in [6.45, 7) is 5.98. The molecule has 0 unspecified atom stereocenters. The number of amides is 1. The summed E-state index contributed by atoms with van der Waals surface area (Å²) in [5.74, 6) is -0.119. The van der Waals surface area contributed by atoms with Gasteiger partial charge in [-0.25, -0.2) is 9.78 Å². The van der Waals surface area contributed by atoms with Gasteiger partial charge in [0.15, 0.2) is 0 Å². The Morgan fingerprint density at radius 2 is 2.10 bits per heavy atom. The number of rotatable bonds is 6. The summed E-state index contributed by atoms with van der Waals surface area (Å²) in [7, 11) is 1.59. The number of hydrogen-bond acceptors (Lipinski definition) is 6. The van der Waals surface area contributed by atoms with Crippen LogP contribution in [0.3, 0.4) is 0 Å². The van der Waals surface area contributed by atoms with Crippen molar-refractivity contribution in [3.8, 4) is 0 Å². The predicted octanol–water partition coefficient (Wildman–Crippen LogP) is 1.02. The average molecular weight is 294 g/mol. The number of carbonyl (C=O) groups is 2. The molecule has 0 aromatic carbocycles. The molecular weight excluding hydrogens is 272 g/mol. The molecule has 0 spiro atoms. The summed E-state index contributed by atoms with van der Waals surface area (Å²) in [6.07, 6.45) is 1.39. The Kier molecular flexibility index (Phi) is 5.52. The highest BCUT2D eigenvalue weighted by atomic mass is 16.5. The van der Waals surface area contributed by atoms with Gasteiger partial charge in [-0.2, -0.15) is 0 Å². The van der Waals surface area contributed by atoms with E-state index in [0.29, 0.717) is 12.4 Å². The van der Waals surface area contributed by atoms with Crippen molar-refractivity contribution in [2.45, 2.75) is 20.8 Å². The van der Waals surface area contributed by atoms with Gasteiger partial charge in [0.05, 0.1) is 29.5 Å². The molecule has 1 aromatic heterocycles. The van der Waals surface area contributed by atoms with Crippen molar-refractivity contribution >= 4 is 23.4 Å². The molecule has 1 rings (SSSR count). The van der Waals surface area contributed by atoms with Crippen molar-refractivity contribution < 1.29 is 14.3 Å². The van der Waals surface area contributed by atoms with Gasteiger partial charge in [-0.3, -0.25) is 4.79 Å². The summed E-state index contributed by atoms with van der Waals surface area (Å²) < 4.78 is 4.93. The maximum atomic E-state index is 11.8. The van der Waals surface area contributed by atoms with Gasteiger partial charge in [0.25, 0.3) is 0 Å². The zero-order valence-electron chi connectivity index (χ0n) is 12.8. The van der Waals surface area contributed by atoms with E-state index in [-0.39, 0.29) is 23.8 Å². The fourth-order valence-electron chi connectivity index (χ4n) is 1.68. The lowest BCUT2D eigenvalue weighted by atomic mass is 9.92. The van der Waals surface area contributed by atoms with Crippen LogP contribution in [-0.2, 0) is 9.53 Å². The van der Waals surface area contributed by atoms with Gasteiger partial charge in [-0.05, 0) is 26.8 Å². The molecule has 1 heterocycles. The molecule has 0 radical (unpaired) electrons. The lowest BCUT2D eigenvalue weighted by Gasteiger charge is -2.23. The average Bonchev–Trinajstić information content (AvgIpc) is 2.45. The number of hydrogen-bond donors (Lipinski definition) is 3. The van der Waals surface area contributed by atoms with E-state index in [2.05, 4.69) is 15.6 Å². The SMILES string of the molecule is CCOC(=O)c1cc(NCC(C)(C)C(=O)NC)ncc1N. The number of anilines is 2. The van der Waals surface area contributed by atoms with E-state index in [1.807, 2.05) is 13.8 Å². The number of nitrogens with one attached hydrogen (secondary N) is 2. The molecule has 21 heavy (non-hydrogen) atoms. The van der Waals surface area contributed by atoms with Crippen molar-refractivity contribution in [3.63, 3.8) is 0 Å². The Balaban J connectivity index is 2.84. The molecule has 0 bridgehead atoms. The van der Waals surface area contributed by atoms with Crippen LogP contribution in [0.15, 0.2) is 12.3 Å². The molecule has 0 fully saturated rings. The first-order valence-corrected chi connectivity index (χ1v) is 6.70. The zero-order chi connectivity index (χ0) is 16.0. The predicted molar refractivity (Wildman–Crippen MR) is 80.9 cm³/mol. The van der Waals surface area contributed by atoms with Crippen molar-refractivity contribution in [2.24, 2.45) is 5.41 Å². The zero-order valence-corrected chi connectivity index (χ0v) is 12.8. The summed E-state index contributed by atoms with van der Waals surface area (Å²) >= 11 is 0. The molecule has 0 saturated carbocycles. The van der Waals surface area contributed by atoms with E-state index >= 15 is 0 Å². The lowest BCUT2D eigenvalue weighted by Crippen LogP contribution is -2.39. The van der Waals surface area contributed by atoms with Crippen molar-refractivity contribution in [3.05, 3.63) is 17.8 Å². The highest BCUT2D eigenvalue weighted by Gasteiger charge is 2.26. The van der Waals surface area contributed by atoms with E-state index in [9.17, 15) is 9.59 Å². The highest BCUT2D eigenvalue weighted by Crippen LogP contribution is 2.19. The number of nitrogens with two attached hydrogens (primary N) is 1. The van der Waals surface area contributed by atoms with Gasteiger partial charge < -0.3 is 21.1 Å². The van der Waals surface area contributed by atoms with E-state index in [0.717, 1.165) is 0 Å². The quantitative estimate of drug-likeness (QED) is 0.676. The maximum Gasteiger partial charge on any atom is 0.340 e. The summed E-state index contributed by atoms with van der Waals surface area (Å²) in [4.78, 5) is 27.5. The summed E-state index contributed by atoms with van der Waals surface area (Å²) in [5.41, 5.74) is 5.62. The number of aromatic nitrogens is 1. The van der Waals surface area contributed by atoms with Crippen molar-refractivity contribution in [1.29, 1.82) is 0 Å². The molecule has 116 valence electrons. The fourth-order valence-corrected chi connectivity index (χ4v) is 1.68. The second kappa shape index (κ2) is 6.92. The largest absolute Gasteiger partial charge is 0.462 e. The highest BCUT2D eigenvalue weighted by molar-refractivity contribution is 5.95. The molecule has 0 aliphatic rings. The Morgan fingerprint density at radius 3 is 2.67 bits per heavy atom. The van der Waals surface area contributed by atoms with Gasteiger partial charge >= 0.3 is 5.97 Å². The van der Waals surface area contributed by atoms with Crippen molar-refractivity contribution in [2.75, 3.05) is 31.2 Å². The smallest absolute Gasteiger partial charge is 0.340 e. The number of pyridine rings is 1. The number of nitrogens with zero attached hydrogens (tertiary/aromatic N) is 1. The van der Waals surface area contributed by atoms with Gasteiger partial charge in [0.1, 0.15) is 5.82 Å². The molecule has 7 nitrogen and oxygen atoms in total. The third-order valence-electron chi connectivity index (χ3n) is 2.98. The van der Waals surface area contributed by atoms with Gasteiger partial charge in [-0.15, -0.1) is 0 Å². The monoisotopic (exact) mass is 294 g/mol. The molecule has 0 saturated heterocycles. The summed E-state index contributed by atoms with van der Waals surface area (Å²) in [6, 6.07) is 1.52. The second-order valence-corrected chi connectivity index (χ2v) is 5.19. The topological polar surface area (TPSA) is 106 Å². The van der Waals surface area contributed by atoms with Crippen LogP contribution >= 0.6 is 0 Å². The van der Waals surface area contributed by atoms with E-state index in [1.54, 1.807) is 14.0 Å². The molecule has 7 heteroatoms. The van der Waals surface area contributed by atoms with Crippen LogP contribution in [0.4, 0.5) is 11.5 Å². The first kappa shape index (κ1) is 16.7. The minimum absolute atomic E-state index is 0.0870. The van der Waals surface area contributed by atoms with Crippen LogP contribution in [0, 0.1) is 5.41 Å². The first-order chi connectivity index (χ1) is 9.81. The number of ether oxygens (including phenoxy) is 1. The lowest BCUT2D eigenvalue weighted by molar-refractivity contribution is -0.128. The van der Waals surface area contributed by atoms with E-state index in [1.165, 1.54) is 12.3 Å². The van der Waals surface area contributed by atoms with Crippen LogP contribution < -0.4 is 16.4 Å². The van der Waals surface area contributed by atoms with Crippen LogP contribution in [0.5, 0.6) is 0 Å². The molecule has 0 aliphatic heterocycles. The van der Waals surface area contributed by atoms with Crippen LogP contribution in [0.1, 0.15) is 31.1 Å². The fraction of sp³-hybridized carbons (Fsp3) is 0.500. The third kappa shape index (κ3) is 4.34. The number of nitrogen functional groups attached to an aromatic ring is 1. The molecule has 0 aliphatic carbocycles. The Hall–Kier alpha value is -2.31. The minimum atomic E-state index is -0.609. The van der Waals surface area contributed by atoms with Gasteiger partial charge in [-0.1, -0.05) is 0 Å². The molecular formula is C14H22N4O3. The normalized spacial score (nSPS) is 10.9. The minimum Gasteiger partial charge on any atom is -0.462 e. The first-order valence-electron chi connectivity index (χ1n) is 6.70. The number of carbonyl (C=O) groups excluding carboxylic acids is 2. The van der Waals surface area contributed by atoms with Crippen molar-refractivity contribution in [1.82, 2.24) is 10.3 Å². The molecule has 1 aromatic rings. The van der Waals surface area contributed by atoms with Gasteiger partial charge in [0.2, 0.25) is 5.91 Å². The van der Waals surface area contributed by atoms with Gasteiger partial charge in [0, 0.05) is 13.6 Å². The van der Waals surface area contributed by atoms with Crippen LogP contribution in [0.2, 0.25) is 0 Å². The molecule has 1 amide bonds. The molecule has 0 atom stereocenters. The van der Waals surface area contributed by atoms with Crippen LogP contribution in [-0.4, -0.2) is 37.1 Å². The summed E-state index contributed by atoms with van der Waals surface area (Å²) in [5, 5.41) is 5.63. The maximum absolute atomic E-state index is 11.8. The van der Waals surface area contributed by atoms with E-state index in [4.69, 9.17) is 10.5 Å². The number of esters is 1. The Morgan fingerprint density at radius 1 is 1.43 bits per heavy atom. The Labute approximate surface area is 124 Å². The molecule has 4 N–H and O–H groups in total. The Bertz CT molecular complexity index is 529. The van der Waals surface area contributed by atoms with E-state index < -0.39 is 11.4 Å². The second-order valence-electron chi connectivity index (χ2n) is 5.19. The van der Waals surface area contributed by atoms with Crippen LogP contribution in [0.25, 0.3) is 0 Å². The standard InChI is InChI=1S/C14H22N4O3/c1-5-21-12(19)9-6-11(17-7-10(9)15)18-8-14(2,3)13(20)16-4/h6-7H,5,8,15H2,1-4H3,(H,16,20)(H,17,18). The third-order valence-corrected chi connectivity index (χ3v) is 2.98.